The third-order valence-electron chi connectivity index (χ3n) is 5.62. The van der Waals surface area contributed by atoms with E-state index in [1.807, 2.05) is 33.2 Å². The van der Waals surface area contributed by atoms with Crippen molar-refractivity contribution < 1.29 is 18.3 Å². The van der Waals surface area contributed by atoms with E-state index in [-0.39, 0.29) is 23.5 Å². The summed E-state index contributed by atoms with van der Waals surface area (Å²) in [6.07, 6.45) is 5.28. The second kappa shape index (κ2) is 8.53. The van der Waals surface area contributed by atoms with Crippen LogP contribution < -0.4 is 4.74 Å². The lowest BCUT2D eigenvalue weighted by atomic mass is 10.0. The molecule has 7 heteroatoms. The SMILES string of the molecule is C[C@@H]1CN([C@H](C)CO)S(=O)(=O)c2ccc(C3=CCCC3)cc2O[C@H]1CN(C)C. The van der Waals surface area contributed by atoms with Crippen LogP contribution in [0.1, 0.15) is 38.7 Å². The highest BCUT2D eigenvalue weighted by Gasteiger charge is 2.38. The Labute approximate surface area is 168 Å². The summed E-state index contributed by atoms with van der Waals surface area (Å²) in [6, 6.07) is 4.94. The van der Waals surface area contributed by atoms with Gasteiger partial charge in [-0.25, -0.2) is 8.42 Å². The van der Waals surface area contributed by atoms with Crippen LogP contribution in [0, 0.1) is 5.92 Å². The predicted molar refractivity (Wildman–Crippen MR) is 111 cm³/mol. The van der Waals surface area contributed by atoms with Crippen LogP contribution in [-0.4, -0.2) is 68.7 Å². The maximum absolute atomic E-state index is 13.4. The summed E-state index contributed by atoms with van der Waals surface area (Å²) in [4.78, 5) is 2.24. The smallest absolute Gasteiger partial charge is 0.247 e. The molecule has 28 heavy (non-hydrogen) atoms. The molecule has 0 spiro atoms. The van der Waals surface area contributed by atoms with Crippen LogP contribution in [0.15, 0.2) is 29.2 Å². The average molecular weight is 409 g/mol. The van der Waals surface area contributed by atoms with Gasteiger partial charge in [0, 0.05) is 25.0 Å². The van der Waals surface area contributed by atoms with E-state index < -0.39 is 16.1 Å². The van der Waals surface area contributed by atoms with Crippen molar-refractivity contribution in [2.75, 3.05) is 33.8 Å². The minimum atomic E-state index is -3.76. The molecule has 0 saturated carbocycles. The third-order valence-corrected chi connectivity index (χ3v) is 7.64. The van der Waals surface area contributed by atoms with Gasteiger partial charge in [0.15, 0.2) is 0 Å². The monoisotopic (exact) mass is 408 g/mol. The Morgan fingerprint density at radius 2 is 2.11 bits per heavy atom. The van der Waals surface area contributed by atoms with Crippen molar-refractivity contribution in [1.82, 2.24) is 9.21 Å². The van der Waals surface area contributed by atoms with Gasteiger partial charge in [-0.05, 0) is 63.6 Å². The zero-order valence-corrected chi connectivity index (χ0v) is 18.1. The molecule has 1 N–H and O–H groups in total. The largest absolute Gasteiger partial charge is 0.487 e. The van der Waals surface area contributed by atoms with Gasteiger partial charge in [-0.15, -0.1) is 0 Å². The molecule has 0 amide bonds. The normalized spacial score (nSPS) is 26.1. The molecule has 0 unspecified atom stereocenters. The molecule has 1 aromatic rings. The summed E-state index contributed by atoms with van der Waals surface area (Å²) < 4.78 is 34.5. The van der Waals surface area contributed by atoms with Crippen LogP contribution in [0.4, 0.5) is 0 Å². The van der Waals surface area contributed by atoms with Crippen molar-refractivity contribution in [3.8, 4) is 5.75 Å². The summed E-state index contributed by atoms with van der Waals surface area (Å²) in [5.41, 5.74) is 2.29. The molecule has 0 radical (unpaired) electrons. The topological polar surface area (TPSA) is 70.1 Å². The first-order valence-electron chi connectivity index (χ1n) is 10.0. The van der Waals surface area contributed by atoms with E-state index in [9.17, 15) is 13.5 Å². The van der Waals surface area contributed by atoms with Crippen LogP contribution in [0.3, 0.4) is 0 Å². The second-order valence-electron chi connectivity index (χ2n) is 8.29. The van der Waals surface area contributed by atoms with Crippen molar-refractivity contribution in [3.63, 3.8) is 0 Å². The summed E-state index contributed by atoms with van der Waals surface area (Å²) >= 11 is 0. The van der Waals surface area contributed by atoms with E-state index in [1.165, 1.54) is 9.88 Å². The van der Waals surface area contributed by atoms with Crippen LogP contribution in [0.2, 0.25) is 0 Å². The van der Waals surface area contributed by atoms with E-state index in [1.54, 1.807) is 13.0 Å². The Hall–Kier alpha value is -1.41. The number of rotatable bonds is 5. The Bertz CT molecular complexity index is 835. The van der Waals surface area contributed by atoms with E-state index in [0.717, 1.165) is 24.8 Å². The number of aliphatic hydroxyl groups excluding tert-OH is 1. The first-order valence-corrected chi connectivity index (χ1v) is 11.5. The number of ether oxygens (including phenoxy) is 1. The summed E-state index contributed by atoms with van der Waals surface area (Å²) in [6.45, 7) is 4.54. The number of sulfonamides is 1. The van der Waals surface area contributed by atoms with Gasteiger partial charge in [0.2, 0.25) is 10.0 Å². The Morgan fingerprint density at radius 1 is 1.36 bits per heavy atom. The molecule has 0 saturated heterocycles. The van der Waals surface area contributed by atoms with Gasteiger partial charge in [0.05, 0.1) is 6.61 Å². The zero-order valence-electron chi connectivity index (χ0n) is 17.3. The highest BCUT2D eigenvalue weighted by molar-refractivity contribution is 7.89. The maximum atomic E-state index is 13.4. The Kier molecular flexibility index (Phi) is 6.49. The van der Waals surface area contributed by atoms with E-state index in [4.69, 9.17) is 4.74 Å². The highest BCUT2D eigenvalue weighted by Crippen LogP contribution is 2.37. The van der Waals surface area contributed by atoms with Gasteiger partial charge < -0.3 is 14.7 Å². The molecular formula is C21H32N2O4S. The molecule has 1 aliphatic heterocycles. The number of allylic oxidation sites excluding steroid dienone is 2. The van der Waals surface area contributed by atoms with Gasteiger partial charge in [-0.3, -0.25) is 0 Å². The molecule has 0 fully saturated rings. The molecule has 1 aliphatic carbocycles. The molecule has 2 aliphatic rings. The molecule has 0 bridgehead atoms. The Balaban J connectivity index is 2.11. The lowest BCUT2D eigenvalue weighted by Crippen LogP contribution is -2.49. The summed E-state index contributed by atoms with van der Waals surface area (Å²) in [5.74, 6) is 0.396. The number of hydrogen-bond donors (Lipinski definition) is 1. The number of likely N-dealkylation sites (N-methyl/N-ethyl adjacent to an activating group) is 1. The first-order chi connectivity index (χ1) is 13.2. The molecule has 3 atom stereocenters. The van der Waals surface area contributed by atoms with Gasteiger partial charge in [-0.1, -0.05) is 19.1 Å². The molecule has 6 nitrogen and oxygen atoms in total. The van der Waals surface area contributed by atoms with Crippen molar-refractivity contribution in [1.29, 1.82) is 0 Å². The number of hydrogen-bond acceptors (Lipinski definition) is 5. The fraction of sp³-hybridized carbons (Fsp3) is 0.619. The minimum Gasteiger partial charge on any atom is -0.487 e. The number of fused-ring (bicyclic) bond motifs is 1. The first kappa shape index (κ1) is 21.3. The summed E-state index contributed by atoms with van der Waals surface area (Å²) in [7, 11) is 0.209. The highest BCUT2D eigenvalue weighted by atomic mass is 32.2. The van der Waals surface area contributed by atoms with Crippen molar-refractivity contribution >= 4 is 15.6 Å². The minimum absolute atomic E-state index is 0.0197. The molecular weight excluding hydrogens is 376 g/mol. The summed E-state index contributed by atoms with van der Waals surface area (Å²) in [5, 5.41) is 9.66. The van der Waals surface area contributed by atoms with Crippen LogP contribution >= 0.6 is 0 Å². The van der Waals surface area contributed by atoms with Gasteiger partial charge in [0.25, 0.3) is 0 Å². The molecule has 156 valence electrons. The number of nitrogens with zero attached hydrogens (tertiary/aromatic N) is 2. The van der Waals surface area contributed by atoms with Gasteiger partial charge in [0.1, 0.15) is 16.7 Å². The van der Waals surface area contributed by atoms with Crippen LogP contribution in [-0.2, 0) is 10.0 Å². The fourth-order valence-corrected chi connectivity index (χ4v) is 5.76. The van der Waals surface area contributed by atoms with E-state index in [2.05, 4.69) is 11.0 Å². The van der Waals surface area contributed by atoms with Crippen molar-refractivity contribution in [3.05, 3.63) is 29.8 Å². The lowest BCUT2D eigenvalue weighted by molar-refractivity contribution is 0.0812. The standard InChI is InChI=1S/C21H32N2O4S/c1-15-12-23(16(2)14-24)28(25,26)21-10-9-18(17-7-5-6-8-17)11-19(21)27-20(15)13-22(3)4/h7,9-11,15-16,20,24H,5-6,8,12-14H2,1-4H3/t15-,16-,20+/m1/s1. The van der Waals surface area contributed by atoms with E-state index >= 15 is 0 Å². The van der Waals surface area contributed by atoms with Crippen molar-refractivity contribution in [2.45, 2.75) is 50.2 Å². The van der Waals surface area contributed by atoms with Crippen LogP contribution in [0.25, 0.3) is 5.57 Å². The molecule has 0 aromatic heterocycles. The second-order valence-corrected chi connectivity index (χ2v) is 10.1. The van der Waals surface area contributed by atoms with Crippen LogP contribution in [0.5, 0.6) is 5.75 Å². The number of aliphatic hydroxyl groups is 1. The predicted octanol–water partition coefficient (Wildman–Crippen LogP) is 2.58. The zero-order chi connectivity index (χ0) is 20.5. The molecule has 1 heterocycles. The third kappa shape index (κ3) is 4.27. The van der Waals surface area contributed by atoms with Crippen molar-refractivity contribution in [2.24, 2.45) is 5.92 Å². The average Bonchev–Trinajstić information content (AvgIpc) is 3.18. The lowest BCUT2D eigenvalue weighted by Gasteiger charge is -2.37. The quantitative estimate of drug-likeness (QED) is 0.811. The van der Waals surface area contributed by atoms with E-state index in [0.29, 0.717) is 18.8 Å². The van der Waals surface area contributed by atoms with Gasteiger partial charge in [-0.2, -0.15) is 4.31 Å². The fourth-order valence-electron chi connectivity index (χ4n) is 3.94. The number of benzene rings is 1. The maximum Gasteiger partial charge on any atom is 0.247 e. The molecule has 1 aromatic carbocycles. The van der Waals surface area contributed by atoms with Gasteiger partial charge >= 0.3 is 0 Å². The molecule has 3 rings (SSSR count). The Morgan fingerprint density at radius 3 is 2.71 bits per heavy atom.